The van der Waals surface area contributed by atoms with Crippen molar-refractivity contribution in [3.63, 3.8) is 0 Å². The lowest BCUT2D eigenvalue weighted by Crippen LogP contribution is -2.08. The van der Waals surface area contributed by atoms with Crippen molar-refractivity contribution in [1.82, 2.24) is 15.0 Å². The van der Waals surface area contributed by atoms with Crippen LogP contribution in [0.2, 0.25) is 0 Å². The van der Waals surface area contributed by atoms with E-state index in [-0.39, 0.29) is 5.56 Å². The van der Waals surface area contributed by atoms with Gasteiger partial charge in [0.15, 0.2) is 0 Å². The normalized spacial score (nSPS) is 10.5. The highest BCUT2D eigenvalue weighted by Crippen LogP contribution is 2.19. The van der Waals surface area contributed by atoms with Gasteiger partial charge in [-0.05, 0) is 43.2 Å². The Balaban J connectivity index is 1.70. The van der Waals surface area contributed by atoms with E-state index in [1.165, 1.54) is 6.07 Å². The van der Waals surface area contributed by atoms with E-state index in [0.717, 1.165) is 28.3 Å². The largest absolute Gasteiger partial charge is 0.496 e. The van der Waals surface area contributed by atoms with Crippen LogP contribution in [0.4, 0.5) is 5.82 Å². The molecule has 128 valence electrons. The maximum atomic E-state index is 11.5. The number of anilines is 1. The second-order valence-corrected chi connectivity index (χ2v) is 5.83. The summed E-state index contributed by atoms with van der Waals surface area (Å²) in [6.45, 7) is 4.47. The molecule has 6 nitrogen and oxygen atoms in total. The fraction of sp³-hybridized carbons (Fsp3) is 0.211. The van der Waals surface area contributed by atoms with Crippen LogP contribution in [-0.2, 0) is 6.54 Å². The molecule has 0 aliphatic rings. The number of nitrogens with zero attached hydrogens (tertiary/aromatic N) is 2. The molecule has 0 bridgehead atoms. The highest BCUT2D eigenvalue weighted by Gasteiger charge is 2.04. The highest BCUT2D eigenvalue weighted by atomic mass is 16.5. The number of ether oxygens (including phenoxy) is 1. The molecular weight excluding hydrogens is 316 g/mol. The predicted octanol–water partition coefficient (Wildman–Crippen LogP) is 3.07. The molecule has 0 saturated heterocycles. The fourth-order valence-electron chi connectivity index (χ4n) is 2.60. The van der Waals surface area contributed by atoms with E-state index in [2.05, 4.69) is 26.3 Å². The van der Waals surface area contributed by atoms with Crippen LogP contribution in [-0.4, -0.2) is 22.1 Å². The molecule has 3 aromatic rings. The van der Waals surface area contributed by atoms with Crippen molar-refractivity contribution in [2.75, 3.05) is 12.4 Å². The van der Waals surface area contributed by atoms with Gasteiger partial charge in [0.1, 0.15) is 17.4 Å². The number of nitrogens with one attached hydrogen (secondary N) is 2. The Morgan fingerprint density at radius 1 is 1.16 bits per heavy atom. The summed E-state index contributed by atoms with van der Waals surface area (Å²) in [6, 6.07) is 11.3. The average molecular weight is 336 g/mol. The number of benzene rings is 1. The molecule has 6 heteroatoms. The molecule has 0 amide bonds. The zero-order valence-corrected chi connectivity index (χ0v) is 14.5. The van der Waals surface area contributed by atoms with E-state index < -0.39 is 0 Å². The van der Waals surface area contributed by atoms with Crippen molar-refractivity contribution in [1.29, 1.82) is 0 Å². The van der Waals surface area contributed by atoms with E-state index in [1.54, 1.807) is 20.2 Å². The molecular formula is C19H20N4O2. The first-order valence-electron chi connectivity index (χ1n) is 7.97. The summed E-state index contributed by atoms with van der Waals surface area (Å²) in [6.07, 6.45) is 1.69. The van der Waals surface area contributed by atoms with Gasteiger partial charge in [0.2, 0.25) is 0 Å². The van der Waals surface area contributed by atoms with Crippen LogP contribution < -0.4 is 15.6 Å². The number of hydrogen-bond acceptors (Lipinski definition) is 5. The van der Waals surface area contributed by atoms with Crippen LogP contribution >= 0.6 is 0 Å². The van der Waals surface area contributed by atoms with E-state index in [1.807, 2.05) is 31.2 Å². The second kappa shape index (κ2) is 7.17. The fourth-order valence-corrected chi connectivity index (χ4v) is 2.60. The number of aromatic nitrogens is 3. The number of aryl methyl sites for hydroxylation is 2. The van der Waals surface area contributed by atoms with E-state index in [9.17, 15) is 4.79 Å². The molecule has 1 aromatic carbocycles. The van der Waals surface area contributed by atoms with Crippen LogP contribution in [0.1, 0.15) is 16.8 Å². The number of rotatable bonds is 5. The lowest BCUT2D eigenvalue weighted by Gasteiger charge is -2.09. The molecule has 0 unspecified atom stereocenters. The third-order valence-electron chi connectivity index (χ3n) is 3.84. The number of hydrogen-bond donors (Lipinski definition) is 2. The third-order valence-corrected chi connectivity index (χ3v) is 3.84. The van der Waals surface area contributed by atoms with Gasteiger partial charge in [-0.25, -0.2) is 9.97 Å². The third kappa shape index (κ3) is 4.03. The van der Waals surface area contributed by atoms with Crippen molar-refractivity contribution in [3.05, 3.63) is 69.8 Å². The molecule has 2 heterocycles. The zero-order chi connectivity index (χ0) is 17.8. The number of aromatic amines is 1. The summed E-state index contributed by atoms with van der Waals surface area (Å²) in [5, 5.41) is 3.28. The van der Waals surface area contributed by atoms with E-state index in [4.69, 9.17) is 4.74 Å². The minimum atomic E-state index is -0.167. The Kier molecular flexibility index (Phi) is 4.79. The molecule has 0 aliphatic carbocycles. The predicted molar refractivity (Wildman–Crippen MR) is 97.9 cm³/mol. The maximum absolute atomic E-state index is 11.5. The standard InChI is InChI=1S/C19H20N4O2/c1-12-8-14(4-6-16(12)25-3)10-20-17-7-5-15(11-21-17)19-22-13(2)9-18(24)23-19/h4-9,11H,10H2,1-3H3,(H,20,21)(H,22,23,24). The lowest BCUT2D eigenvalue weighted by molar-refractivity contribution is 0.411. The molecule has 0 aliphatic heterocycles. The molecule has 0 fully saturated rings. The van der Waals surface area contributed by atoms with E-state index in [0.29, 0.717) is 18.1 Å². The van der Waals surface area contributed by atoms with Gasteiger partial charge < -0.3 is 15.0 Å². The van der Waals surface area contributed by atoms with Crippen molar-refractivity contribution in [2.24, 2.45) is 0 Å². The Bertz CT molecular complexity index is 933. The smallest absolute Gasteiger partial charge is 0.251 e. The first kappa shape index (κ1) is 16.7. The van der Waals surface area contributed by atoms with Crippen LogP contribution in [0.5, 0.6) is 5.75 Å². The number of pyridine rings is 1. The van der Waals surface area contributed by atoms with Crippen LogP contribution in [0.15, 0.2) is 47.4 Å². The van der Waals surface area contributed by atoms with Crippen LogP contribution in [0.25, 0.3) is 11.4 Å². The van der Waals surface area contributed by atoms with Gasteiger partial charge in [-0.2, -0.15) is 0 Å². The summed E-state index contributed by atoms with van der Waals surface area (Å²) < 4.78 is 5.27. The molecule has 2 aromatic heterocycles. The van der Waals surface area contributed by atoms with Gasteiger partial charge in [-0.1, -0.05) is 12.1 Å². The summed E-state index contributed by atoms with van der Waals surface area (Å²) in [4.78, 5) is 23.0. The lowest BCUT2D eigenvalue weighted by atomic mass is 10.1. The summed E-state index contributed by atoms with van der Waals surface area (Å²) in [5.74, 6) is 2.16. The summed E-state index contributed by atoms with van der Waals surface area (Å²) in [5.41, 5.74) is 3.52. The van der Waals surface area contributed by atoms with E-state index >= 15 is 0 Å². The molecule has 0 spiro atoms. The Hall–Kier alpha value is -3.15. The molecule has 3 rings (SSSR count). The molecule has 0 atom stereocenters. The summed E-state index contributed by atoms with van der Waals surface area (Å²) in [7, 11) is 1.67. The van der Waals surface area contributed by atoms with Gasteiger partial charge in [-0.3, -0.25) is 4.79 Å². The van der Waals surface area contributed by atoms with Gasteiger partial charge >= 0.3 is 0 Å². The van der Waals surface area contributed by atoms with Gasteiger partial charge in [0.25, 0.3) is 5.56 Å². The molecule has 0 radical (unpaired) electrons. The molecule has 0 saturated carbocycles. The first-order chi connectivity index (χ1) is 12.0. The number of methoxy groups -OCH3 is 1. The Morgan fingerprint density at radius 3 is 2.64 bits per heavy atom. The van der Waals surface area contributed by atoms with Gasteiger partial charge in [0, 0.05) is 30.1 Å². The van der Waals surface area contributed by atoms with Crippen molar-refractivity contribution in [2.45, 2.75) is 20.4 Å². The van der Waals surface area contributed by atoms with Crippen molar-refractivity contribution < 1.29 is 4.74 Å². The quantitative estimate of drug-likeness (QED) is 0.748. The molecule has 2 N–H and O–H groups in total. The van der Waals surface area contributed by atoms with Gasteiger partial charge in [-0.15, -0.1) is 0 Å². The molecule has 25 heavy (non-hydrogen) atoms. The average Bonchev–Trinajstić information content (AvgIpc) is 2.60. The van der Waals surface area contributed by atoms with Crippen molar-refractivity contribution >= 4 is 5.82 Å². The SMILES string of the molecule is COc1ccc(CNc2ccc(-c3nc(C)cc(=O)[nH]3)cn2)cc1C. The Labute approximate surface area is 145 Å². The minimum absolute atomic E-state index is 0.167. The second-order valence-electron chi connectivity index (χ2n) is 5.83. The monoisotopic (exact) mass is 336 g/mol. The first-order valence-corrected chi connectivity index (χ1v) is 7.97. The summed E-state index contributed by atoms with van der Waals surface area (Å²) >= 11 is 0. The van der Waals surface area contributed by atoms with Crippen molar-refractivity contribution in [3.8, 4) is 17.1 Å². The topological polar surface area (TPSA) is 79.9 Å². The van der Waals surface area contributed by atoms with Crippen LogP contribution in [0.3, 0.4) is 0 Å². The van der Waals surface area contributed by atoms with Gasteiger partial charge in [0.05, 0.1) is 7.11 Å². The van der Waals surface area contributed by atoms with Crippen LogP contribution in [0, 0.1) is 13.8 Å². The zero-order valence-electron chi connectivity index (χ0n) is 14.5. The Morgan fingerprint density at radius 2 is 2.00 bits per heavy atom. The highest BCUT2D eigenvalue weighted by molar-refractivity contribution is 5.56. The minimum Gasteiger partial charge on any atom is -0.496 e. The number of H-pyrrole nitrogens is 1. The maximum Gasteiger partial charge on any atom is 0.251 e.